The Morgan fingerprint density at radius 2 is 2.07 bits per heavy atom. The molecule has 1 aliphatic heterocycles. The molecule has 0 radical (unpaired) electrons. The van der Waals surface area contributed by atoms with Crippen LogP contribution in [0.3, 0.4) is 0 Å². The van der Waals surface area contributed by atoms with Crippen LogP contribution in [-0.2, 0) is 6.54 Å². The zero-order valence-electron chi connectivity index (χ0n) is 15.4. The quantitative estimate of drug-likeness (QED) is 0.744. The van der Waals surface area contributed by atoms with Crippen molar-refractivity contribution in [1.29, 1.82) is 0 Å². The molecule has 1 unspecified atom stereocenters. The molecule has 140 valence electrons. The Hall–Kier alpha value is -2.64. The summed E-state index contributed by atoms with van der Waals surface area (Å²) in [7, 11) is 0. The van der Waals surface area contributed by atoms with Crippen LogP contribution in [0.1, 0.15) is 31.0 Å². The molecule has 1 aromatic carbocycles. The first-order valence-electron chi connectivity index (χ1n) is 9.31. The molecule has 0 aliphatic carbocycles. The van der Waals surface area contributed by atoms with Crippen molar-refractivity contribution in [2.75, 3.05) is 13.2 Å². The highest BCUT2D eigenvalue weighted by Crippen LogP contribution is 2.24. The van der Waals surface area contributed by atoms with Gasteiger partial charge in [0.2, 0.25) is 11.7 Å². The number of hydrogen-bond acceptors (Lipinski definition) is 7. The second-order valence-corrected chi connectivity index (χ2v) is 6.88. The molecule has 7 nitrogen and oxygen atoms in total. The number of rotatable bonds is 5. The van der Waals surface area contributed by atoms with E-state index in [4.69, 9.17) is 4.52 Å². The summed E-state index contributed by atoms with van der Waals surface area (Å²) >= 11 is 0. The highest BCUT2D eigenvalue weighted by atomic mass is 16.5. The molecule has 27 heavy (non-hydrogen) atoms. The monoisotopic (exact) mass is 365 g/mol. The lowest BCUT2D eigenvalue weighted by Gasteiger charge is -2.33. The van der Waals surface area contributed by atoms with Crippen LogP contribution in [0.5, 0.6) is 0 Å². The van der Waals surface area contributed by atoms with Crippen LogP contribution >= 0.6 is 0 Å². The number of piperidine rings is 1. The topological polar surface area (TPSA) is 88.2 Å². The van der Waals surface area contributed by atoms with E-state index in [1.54, 1.807) is 6.20 Å². The van der Waals surface area contributed by atoms with E-state index in [0.717, 1.165) is 48.5 Å². The van der Waals surface area contributed by atoms with Crippen LogP contribution in [0.2, 0.25) is 0 Å². The summed E-state index contributed by atoms with van der Waals surface area (Å²) in [5.41, 5.74) is 2.74. The summed E-state index contributed by atoms with van der Waals surface area (Å²) in [4.78, 5) is 15.4. The standard InChI is InChI=1S/C20H23N5O2/c1-14-21-9-8-18(22-14)15-5-4-6-16(11-15)20-23-19(27-24-20)12-25-10-3-2-7-17(25)13-26/h4-6,8-9,11,17,26H,2-3,7,10,12-13H2,1H3. The molecule has 3 heterocycles. The zero-order valence-corrected chi connectivity index (χ0v) is 15.4. The van der Waals surface area contributed by atoms with Crippen LogP contribution in [0.15, 0.2) is 41.1 Å². The van der Waals surface area contributed by atoms with Crippen molar-refractivity contribution in [3.63, 3.8) is 0 Å². The number of aryl methyl sites for hydroxylation is 1. The first kappa shape index (κ1) is 17.8. The lowest BCUT2D eigenvalue weighted by Crippen LogP contribution is -2.41. The fourth-order valence-electron chi connectivity index (χ4n) is 3.52. The van der Waals surface area contributed by atoms with Gasteiger partial charge >= 0.3 is 0 Å². The lowest BCUT2D eigenvalue weighted by atomic mass is 10.0. The van der Waals surface area contributed by atoms with E-state index in [1.165, 1.54) is 0 Å². The van der Waals surface area contributed by atoms with Gasteiger partial charge in [-0.1, -0.05) is 29.8 Å². The van der Waals surface area contributed by atoms with Gasteiger partial charge in [0.15, 0.2) is 0 Å². The van der Waals surface area contributed by atoms with Gasteiger partial charge in [-0.05, 0) is 38.4 Å². The van der Waals surface area contributed by atoms with Gasteiger partial charge in [-0.15, -0.1) is 0 Å². The van der Waals surface area contributed by atoms with Crippen molar-refractivity contribution < 1.29 is 9.63 Å². The summed E-state index contributed by atoms with van der Waals surface area (Å²) in [6, 6.07) is 10.0. The number of nitrogens with zero attached hydrogens (tertiary/aromatic N) is 5. The molecular weight excluding hydrogens is 342 g/mol. The summed E-state index contributed by atoms with van der Waals surface area (Å²) in [6.45, 7) is 3.56. The molecule has 1 atom stereocenters. The van der Waals surface area contributed by atoms with Crippen LogP contribution in [0, 0.1) is 6.92 Å². The molecule has 1 saturated heterocycles. The van der Waals surface area contributed by atoms with Gasteiger partial charge < -0.3 is 9.63 Å². The summed E-state index contributed by atoms with van der Waals surface area (Å²) in [5, 5.41) is 13.7. The van der Waals surface area contributed by atoms with E-state index in [9.17, 15) is 5.11 Å². The fourth-order valence-corrected chi connectivity index (χ4v) is 3.52. The Bertz CT molecular complexity index is 911. The lowest BCUT2D eigenvalue weighted by molar-refractivity contribution is 0.0749. The van der Waals surface area contributed by atoms with E-state index >= 15 is 0 Å². The predicted octanol–water partition coefficient (Wildman–Crippen LogP) is 2.85. The number of benzene rings is 1. The summed E-state index contributed by atoms with van der Waals surface area (Å²) < 4.78 is 5.47. The molecular formula is C20H23N5O2. The third-order valence-electron chi connectivity index (χ3n) is 4.96. The van der Waals surface area contributed by atoms with Crippen LogP contribution in [0.4, 0.5) is 0 Å². The number of aromatic nitrogens is 4. The van der Waals surface area contributed by atoms with E-state index < -0.39 is 0 Å². The first-order chi connectivity index (χ1) is 13.2. The van der Waals surface area contributed by atoms with Crippen molar-refractivity contribution in [2.45, 2.75) is 38.8 Å². The molecule has 3 aromatic rings. The average Bonchev–Trinajstić information content (AvgIpc) is 3.17. The van der Waals surface area contributed by atoms with E-state index in [0.29, 0.717) is 18.3 Å². The Morgan fingerprint density at radius 3 is 2.93 bits per heavy atom. The maximum absolute atomic E-state index is 9.56. The minimum absolute atomic E-state index is 0.168. The SMILES string of the molecule is Cc1nccc(-c2cccc(-c3noc(CN4CCCCC4CO)n3)c2)n1. The maximum Gasteiger partial charge on any atom is 0.241 e. The molecule has 0 amide bonds. The predicted molar refractivity (Wildman–Crippen MR) is 101 cm³/mol. The van der Waals surface area contributed by atoms with Crippen molar-refractivity contribution >= 4 is 0 Å². The summed E-state index contributed by atoms with van der Waals surface area (Å²) in [6.07, 6.45) is 5.06. The Labute approximate surface area is 158 Å². The van der Waals surface area contributed by atoms with Gasteiger partial charge in [-0.25, -0.2) is 9.97 Å². The number of hydrogen-bond donors (Lipinski definition) is 1. The third-order valence-corrected chi connectivity index (χ3v) is 4.96. The van der Waals surface area contributed by atoms with Gasteiger partial charge in [-0.2, -0.15) is 4.98 Å². The first-order valence-corrected chi connectivity index (χ1v) is 9.31. The number of aliphatic hydroxyl groups is 1. The Balaban J connectivity index is 1.54. The second-order valence-electron chi connectivity index (χ2n) is 6.88. The van der Waals surface area contributed by atoms with Crippen LogP contribution in [-0.4, -0.2) is 49.3 Å². The molecule has 0 spiro atoms. The molecule has 0 saturated carbocycles. The minimum atomic E-state index is 0.168. The molecule has 1 fully saturated rings. The van der Waals surface area contributed by atoms with Crippen molar-refractivity contribution in [3.8, 4) is 22.6 Å². The van der Waals surface area contributed by atoms with Gasteiger partial charge in [0.05, 0.1) is 18.8 Å². The van der Waals surface area contributed by atoms with E-state index in [1.807, 2.05) is 37.3 Å². The zero-order chi connectivity index (χ0) is 18.6. The van der Waals surface area contributed by atoms with Crippen LogP contribution in [0.25, 0.3) is 22.6 Å². The molecule has 1 N–H and O–H groups in total. The normalized spacial score (nSPS) is 17.9. The largest absolute Gasteiger partial charge is 0.395 e. The van der Waals surface area contributed by atoms with Crippen molar-refractivity contribution in [1.82, 2.24) is 25.0 Å². The molecule has 7 heteroatoms. The second kappa shape index (κ2) is 7.94. The molecule has 1 aliphatic rings. The van der Waals surface area contributed by atoms with Crippen LogP contribution < -0.4 is 0 Å². The minimum Gasteiger partial charge on any atom is -0.395 e. The number of likely N-dealkylation sites (tertiary alicyclic amines) is 1. The molecule has 4 rings (SSSR count). The van der Waals surface area contributed by atoms with E-state index in [-0.39, 0.29) is 12.6 Å². The van der Waals surface area contributed by atoms with Gasteiger partial charge in [0.1, 0.15) is 5.82 Å². The highest BCUT2D eigenvalue weighted by molar-refractivity contribution is 5.67. The van der Waals surface area contributed by atoms with Gasteiger partial charge in [-0.3, -0.25) is 4.90 Å². The third kappa shape index (κ3) is 4.04. The van der Waals surface area contributed by atoms with E-state index in [2.05, 4.69) is 25.0 Å². The van der Waals surface area contributed by atoms with Gasteiger partial charge in [0, 0.05) is 23.4 Å². The Morgan fingerprint density at radius 1 is 1.19 bits per heavy atom. The smallest absolute Gasteiger partial charge is 0.241 e. The maximum atomic E-state index is 9.56. The summed E-state index contributed by atoms with van der Waals surface area (Å²) in [5.74, 6) is 1.88. The van der Waals surface area contributed by atoms with Crippen molar-refractivity contribution in [3.05, 3.63) is 48.2 Å². The fraction of sp³-hybridized carbons (Fsp3) is 0.400. The Kier molecular flexibility index (Phi) is 5.22. The molecule has 0 bridgehead atoms. The highest BCUT2D eigenvalue weighted by Gasteiger charge is 2.23. The van der Waals surface area contributed by atoms with Crippen molar-refractivity contribution in [2.24, 2.45) is 0 Å². The average molecular weight is 365 g/mol. The number of aliphatic hydroxyl groups excluding tert-OH is 1. The molecule has 2 aromatic heterocycles. The van der Waals surface area contributed by atoms with Gasteiger partial charge in [0.25, 0.3) is 0 Å².